The zero-order valence-corrected chi connectivity index (χ0v) is 31.8. The molecule has 0 aliphatic heterocycles. The molecule has 0 spiro atoms. The fourth-order valence-corrected chi connectivity index (χ4v) is 8.66. The van der Waals surface area contributed by atoms with Crippen LogP contribution in [0.15, 0.2) is 213 Å². The Labute approximate surface area is 334 Å². The monoisotopic (exact) mass is 728 g/mol. The fourth-order valence-electron chi connectivity index (χ4n) is 8.66. The summed E-state index contributed by atoms with van der Waals surface area (Å²) in [5, 5.41) is 4.85. The lowest BCUT2D eigenvalue weighted by molar-refractivity contribution is 0.635. The lowest BCUT2D eigenvalue weighted by Gasteiger charge is -2.23. The van der Waals surface area contributed by atoms with E-state index in [9.17, 15) is 0 Å². The molecular weight excluding hydrogens is 689 g/mol. The molecule has 2 heteroatoms. The first-order valence-electron chi connectivity index (χ1n) is 19.8. The largest absolute Gasteiger partial charge is 0.256 e. The molecule has 0 saturated heterocycles. The first-order valence-corrected chi connectivity index (χ1v) is 19.8. The van der Waals surface area contributed by atoms with Gasteiger partial charge in [0.15, 0.2) is 0 Å². The van der Waals surface area contributed by atoms with E-state index in [1.807, 2.05) is 24.5 Å². The van der Waals surface area contributed by atoms with Crippen molar-refractivity contribution in [2.45, 2.75) is 12.8 Å². The molecule has 0 fully saturated rings. The summed E-state index contributed by atoms with van der Waals surface area (Å²) in [7, 11) is 0. The number of nitrogens with zero attached hydrogens (tertiary/aromatic N) is 2. The number of pyridine rings is 2. The lowest BCUT2D eigenvalue weighted by Crippen LogP contribution is -2.07. The van der Waals surface area contributed by atoms with Gasteiger partial charge in [-0.25, -0.2) is 0 Å². The Kier molecular flexibility index (Phi) is 8.93. The van der Waals surface area contributed by atoms with E-state index in [2.05, 4.69) is 195 Å². The zero-order valence-electron chi connectivity index (χ0n) is 31.8. The Morgan fingerprint density at radius 3 is 1.47 bits per heavy atom. The summed E-state index contributed by atoms with van der Waals surface area (Å²) in [6, 6.07) is 63.9. The van der Waals surface area contributed by atoms with Crippen LogP contribution in [-0.4, -0.2) is 9.97 Å². The highest BCUT2D eigenvalue weighted by Gasteiger charge is 2.21. The summed E-state index contributed by atoms with van der Waals surface area (Å²) in [5.41, 5.74) is 15.1. The molecule has 1 aliphatic rings. The van der Waals surface area contributed by atoms with Crippen molar-refractivity contribution < 1.29 is 0 Å². The molecule has 2 atom stereocenters. The molecule has 9 aromatic rings. The van der Waals surface area contributed by atoms with E-state index < -0.39 is 0 Å². The second kappa shape index (κ2) is 14.8. The van der Waals surface area contributed by atoms with E-state index in [1.54, 1.807) is 0 Å². The number of aromatic nitrogens is 2. The number of rotatable bonds is 7. The minimum absolute atomic E-state index is 0.296. The standard InChI is InChI=1S/C55H40N2/c1-37-15-5-6-22-47(37)46-34-44(38-16-3-2-4-17-38)33-45(35-46)39-27-28-50-51(36-39)55(43-21-14-19-41(32-43)53-26-10-12-30-57-53)49-24-8-7-23-48(49)54(50)42-20-13-18-40(31-42)52-25-9-11-29-56-52/h2-37,47H,1H3. The molecular formula is C55H40N2. The van der Waals surface area contributed by atoms with Gasteiger partial charge >= 0.3 is 0 Å². The van der Waals surface area contributed by atoms with Gasteiger partial charge in [-0.1, -0.05) is 159 Å². The molecule has 7 aromatic carbocycles. The summed E-state index contributed by atoms with van der Waals surface area (Å²) in [4.78, 5) is 9.42. The average Bonchev–Trinajstić information content (AvgIpc) is 3.29. The summed E-state index contributed by atoms with van der Waals surface area (Å²) >= 11 is 0. The molecule has 0 bridgehead atoms. The molecule has 2 unspecified atom stereocenters. The van der Waals surface area contributed by atoms with Crippen LogP contribution in [0, 0.1) is 5.92 Å². The van der Waals surface area contributed by atoms with Crippen molar-refractivity contribution in [3.05, 3.63) is 218 Å². The third-order valence-electron chi connectivity index (χ3n) is 11.4. The number of fused-ring (bicyclic) bond motifs is 2. The van der Waals surface area contributed by atoms with Gasteiger partial charge in [0.05, 0.1) is 11.4 Å². The maximum absolute atomic E-state index is 4.72. The second-order valence-corrected chi connectivity index (χ2v) is 15.0. The van der Waals surface area contributed by atoms with E-state index in [0.717, 1.165) is 28.1 Å². The number of benzene rings is 7. The van der Waals surface area contributed by atoms with Crippen LogP contribution < -0.4 is 0 Å². The van der Waals surface area contributed by atoms with Gasteiger partial charge in [0.2, 0.25) is 0 Å². The highest BCUT2D eigenvalue weighted by atomic mass is 14.7. The minimum Gasteiger partial charge on any atom is -0.256 e. The third kappa shape index (κ3) is 6.56. The van der Waals surface area contributed by atoms with E-state index in [-0.39, 0.29) is 0 Å². The van der Waals surface area contributed by atoms with Crippen LogP contribution in [-0.2, 0) is 0 Å². The maximum Gasteiger partial charge on any atom is 0.0702 e. The SMILES string of the molecule is CC1C=CC=CC1c1cc(-c2ccccc2)cc(-c2ccc3c(-c4cccc(-c5ccccn5)c4)c4ccccc4c(-c4cccc(-c5ccccn5)c4)c3c2)c1. The third-order valence-corrected chi connectivity index (χ3v) is 11.4. The fraction of sp³-hybridized carbons (Fsp3) is 0.0545. The molecule has 2 nitrogen and oxygen atoms in total. The maximum atomic E-state index is 4.72. The van der Waals surface area contributed by atoms with Crippen LogP contribution >= 0.6 is 0 Å². The Hall–Kier alpha value is -7.16. The van der Waals surface area contributed by atoms with Gasteiger partial charge in [-0.15, -0.1) is 0 Å². The van der Waals surface area contributed by atoms with Crippen molar-refractivity contribution in [1.29, 1.82) is 0 Å². The quantitative estimate of drug-likeness (QED) is 0.153. The summed E-state index contributed by atoms with van der Waals surface area (Å²) in [6.07, 6.45) is 12.8. The van der Waals surface area contributed by atoms with Crippen molar-refractivity contribution in [3.63, 3.8) is 0 Å². The number of hydrogen-bond donors (Lipinski definition) is 0. The van der Waals surface area contributed by atoms with E-state index >= 15 is 0 Å². The van der Waals surface area contributed by atoms with Gasteiger partial charge in [-0.3, -0.25) is 9.97 Å². The summed E-state index contributed by atoms with van der Waals surface area (Å²) < 4.78 is 0. The Bertz CT molecular complexity index is 2960. The second-order valence-electron chi connectivity index (χ2n) is 15.0. The topological polar surface area (TPSA) is 25.8 Å². The van der Waals surface area contributed by atoms with Crippen LogP contribution in [0.25, 0.3) is 88.6 Å². The Balaban J connectivity index is 1.25. The van der Waals surface area contributed by atoms with Crippen molar-refractivity contribution in [1.82, 2.24) is 9.97 Å². The predicted molar refractivity (Wildman–Crippen MR) is 240 cm³/mol. The van der Waals surface area contributed by atoms with Gasteiger partial charge in [0.1, 0.15) is 0 Å². The van der Waals surface area contributed by atoms with E-state index in [4.69, 9.17) is 9.97 Å². The molecule has 1 aliphatic carbocycles. The highest BCUT2D eigenvalue weighted by Crippen LogP contribution is 2.46. The smallest absolute Gasteiger partial charge is 0.0702 e. The highest BCUT2D eigenvalue weighted by molar-refractivity contribution is 6.22. The van der Waals surface area contributed by atoms with Gasteiger partial charge in [-0.2, -0.15) is 0 Å². The molecule has 0 saturated carbocycles. The number of hydrogen-bond acceptors (Lipinski definition) is 2. The predicted octanol–water partition coefficient (Wildman–Crippen LogP) is 14.6. The lowest BCUT2D eigenvalue weighted by atomic mass is 9.81. The molecule has 0 N–H and O–H groups in total. The van der Waals surface area contributed by atoms with E-state index in [1.165, 1.54) is 66.1 Å². The molecule has 0 radical (unpaired) electrons. The van der Waals surface area contributed by atoms with Crippen molar-refractivity contribution in [2.24, 2.45) is 5.92 Å². The Morgan fingerprint density at radius 2 is 0.860 bits per heavy atom. The van der Waals surface area contributed by atoms with Crippen LogP contribution in [0.3, 0.4) is 0 Å². The van der Waals surface area contributed by atoms with Crippen molar-refractivity contribution in [3.8, 4) is 67.0 Å². The Morgan fingerprint density at radius 1 is 0.351 bits per heavy atom. The zero-order chi connectivity index (χ0) is 38.1. The van der Waals surface area contributed by atoms with Crippen LogP contribution in [0.2, 0.25) is 0 Å². The van der Waals surface area contributed by atoms with Gasteiger partial charge < -0.3 is 0 Å². The van der Waals surface area contributed by atoms with Gasteiger partial charge in [0.25, 0.3) is 0 Å². The van der Waals surface area contributed by atoms with Crippen molar-refractivity contribution >= 4 is 21.5 Å². The molecule has 57 heavy (non-hydrogen) atoms. The number of allylic oxidation sites excluding steroid dienone is 4. The molecule has 2 aromatic heterocycles. The van der Waals surface area contributed by atoms with Crippen LogP contribution in [0.4, 0.5) is 0 Å². The molecule has 2 heterocycles. The van der Waals surface area contributed by atoms with Crippen LogP contribution in [0.5, 0.6) is 0 Å². The summed E-state index contributed by atoms with van der Waals surface area (Å²) in [6.45, 7) is 2.32. The van der Waals surface area contributed by atoms with E-state index in [0.29, 0.717) is 11.8 Å². The van der Waals surface area contributed by atoms with Gasteiger partial charge in [-0.05, 0) is 126 Å². The van der Waals surface area contributed by atoms with Crippen LogP contribution in [0.1, 0.15) is 18.4 Å². The first kappa shape index (κ1) is 34.3. The first-order chi connectivity index (χ1) is 28.2. The molecule has 270 valence electrons. The average molecular weight is 729 g/mol. The minimum atomic E-state index is 0.296. The normalized spacial score (nSPS) is 15.0. The molecule has 0 amide bonds. The molecule has 10 rings (SSSR count). The van der Waals surface area contributed by atoms with Gasteiger partial charge in [0, 0.05) is 29.4 Å². The van der Waals surface area contributed by atoms with Crippen molar-refractivity contribution in [2.75, 3.05) is 0 Å². The summed E-state index contributed by atoms with van der Waals surface area (Å²) in [5.74, 6) is 0.698.